The molecule has 0 radical (unpaired) electrons. The number of pyridine rings is 1. The summed E-state index contributed by atoms with van der Waals surface area (Å²) in [5.74, 6) is -0.105. The molecule has 1 heterocycles. The minimum absolute atomic E-state index is 0.0267. The van der Waals surface area contributed by atoms with Gasteiger partial charge in [0.15, 0.2) is 0 Å². The Hall–Kier alpha value is -3.13. The molecule has 7 nitrogen and oxygen atoms in total. The maximum atomic E-state index is 12.8. The summed E-state index contributed by atoms with van der Waals surface area (Å²) < 4.78 is 28.2. The summed E-state index contributed by atoms with van der Waals surface area (Å²) in [5, 5.41) is 2.93. The van der Waals surface area contributed by atoms with Gasteiger partial charge in [-0.2, -0.15) is 0 Å². The van der Waals surface area contributed by atoms with Crippen LogP contribution in [0.1, 0.15) is 48.5 Å². The maximum absolute atomic E-state index is 12.8. The van der Waals surface area contributed by atoms with Crippen LogP contribution in [0, 0.1) is 0 Å². The fourth-order valence-corrected chi connectivity index (χ4v) is 4.26. The fraction of sp³-hybridized carbons (Fsp3) is 0.273. The predicted molar refractivity (Wildman–Crippen MR) is 116 cm³/mol. The molecule has 1 aliphatic carbocycles. The molecule has 30 heavy (non-hydrogen) atoms. The number of aromatic nitrogens is 1. The zero-order chi connectivity index (χ0) is 21.5. The first-order valence-corrected chi connectivity index (χ1v) is 11.3. The number of carbonyl (C=O) groups excluding carboxylic acids is 1. The van der Waals surface area contributed by atoms with E-state index in [0.29, 0.717) is 17.1 Å². The third-order valence-electron chi connectivity index (χ3n) is 5.15. The van der Waals surface area contributed by atoms with Crippen molar-refractivity contribution in [2.45, 2.75) is 43.5 Å². The van der Waals surface area contributed by atoms with Gasteiger partial charge in [-0.05, 0) is 54.7 Å². The van der Waals surface area contributed by atoms with Gasteiger partial charge >= 0.3 is 0 Å². The molecule has 1 aliphatic rings. The van der Waals surface area contributed by atoms with Crippen molar-refractivity contribution >= 4 is 32.5 Å². The van der Waals surface area contributed by atoms with Crippen molar-refractivity contribution in [1.29, 1.82) is 0 Å². The molecule has 3 aromatic rings. The summed E-state index contributed by atoms with van der Waals surface area (Å²) in [6, 6.07) is 11.5. The van der Waals surface area contributed by atoms with E-state index in [1.807, 2.05) is 12.1 Å². The van der Waals surface area contributed by atoms with Gasteiger partial charge < -0.3 is 10.3 Å². The molecule has 156 valence electrons. The second-order valence-electron chi connectivity index (χ2n) is 7.87. The molecule has 1 aromatic heterocycles. The van der Waals surface area contributed by atoms with Gasteiger partial charge in [-0.1, -0.05) is 26.0 Å². The van der Waals surface area contributed by atoms with Gasteiger partial charge in [0.2, 0.25) is 5.43 Å². The van der Waals surface area contributed by atoms with Gasteiger partial charge in [-0.3, -0.25) is 14.3 Å². The first kappa shape index (κ1) is 20.2. The third kappa shape index (κ3) is 4.09. The molecular formula is C22H23N3O4S. The molecule has 1 amide bonds. The van der Waals surface area contributed by atoms with Crippen molar-refractivity contribution in [2.75, 3.05) is 4.72 Å². The van der Waals surface area contributed by atoms with E-state index < -0.39 is 21.4 Å². The number of amides is 1. The summed E-state index contributed by atoms with van der Waals surface area (Å²) >= 11 is 0. The highest BCUT2D eigenvalue weighted by atomic mass is 32.2. The second-order valence-corrected chi connectivity index (χ2v) is 9.55. The zero-order valence-corrected chi connectivity index (χ0v) is 17.5. The molecule has 0 unspecified atom stereocenters. The molecule has 8 heteroatoms. The van der Waals surface area contributed by atoms with Gasteiger partial charge in [0.25, 0.3) is 15.9 Å². The van der Waals surface area contributed by atoms with Crippen LogP contribution in [0.25, 0.3) is 10.9 Å². The third-order valence-corrected chi connectivity index (χ3v) is 6.53. The fourth-order valence-electron chi connectivity index (χ4n) is 3.17. The SMILES string of the molecule is CC(C)c1ccc(NS(=O)(=O)c2ccc3[nH]cc(C(=O)NC4CC4)c(=O)c3c2)cc1. The number of rotatable bonds is 6. The molecule has 1 fully saturated rings. The Morgan fingerprint density at radius 3 is 2.43 bits per heavy atom. The van der Waals surface area contributed by atoms with E-state index in [9.17, 15) is 18.0 Å². The van der Waals surface area contributed by atoms with Crippen molar-refractivity contribution in [2.24, 2.45) is 0 Å². The number of sulfonamides is 1. The van der Waals surface area contributed by atoms with Crippen LogP contribution in [0.3, 0.4) is 0 Å². The minimum Gasteiger partial charge on any atom is -0.360 e. The summed E-state index contributed by atoms with van der Waals surface area (Å²) in [4.78, 5) is 28.0. The summed E-state index contributed by atoms with van der Waals surface area (Å²) in [6.45, 7) is 4.12. The number of aromatic amines is 1. The van der Waals surface area contributed by atoms with E-state index in [4.69, 9.17) is 0 Å². The first-order chi connectivity index (χ1) is 14.2. The van der Waals surface area contributed by atoms with Crippen LogP contribution < -0.4 is 15.5 Å². The second kappa shape index (κ2) is 7.60. The number of carbonyl (C=O) groups is 1. The van der Waals surface area contributed by atoms with Crippen LogP contribution in [0.5, 0.6) is 0 Å². The molecule has 0 aliphatic heterocycles. The Balaban J connectivity index is 1.66. The highest BCUT2D eigenvalue weighted by Crippen LogP contribution is 2.22. The maximum Gasteiger partial charge on any atom is 0.261 e. The Labute approximate surface area is 174 Å². The number of benzene rings is 2. The van der Waals surface area contributed by atoms with E-state index in [0.717, 1.165) is 18.4 Å². The molecule has 0 atom stereocenters. The normalized spacial score (nSPS) is 14.1. The lowest BCUT2D eigenvalue weighted by Gasteiger charge is -2.11. The molecule has 2 aromatic carbocycles. The van der Waals surface area contributed by atoms with Crippen molar-refractivity contribution in [1.82, 2.24) is 10.3 Å². The zero-order valence-electron chi connectivity index (χ0n) is 16.7. The van der Waals surface area contributed by atoms with Crippen molar-refractivity contribution < 1.29 is 13.2 Å². The standard InChI is InChI=1S/C22H23N3O4S/c1-13(2)14-3-5-16(6-4-14)25-30(28,29)17-9-10-20-18(11-17)21(26)19(12-23-20)22(27)24-15-7-8-15/h3-6,9-13,15,25H,7-8H2,1-2H3,(H,23,26)(H,24,27). The van der Waals surface area contributed by atoms with E-state index in [1.165, 1.54) is 24.4 Å². The van der Waals surface area contributed by atoms with Crippen LogP contribution in [0.15, 0.2) is 58.4 Å². The molecule has 1 saturated carbocycles. The number of hydrogen-bond acceptors (Lipinski definition) is 4. The van der Waals surface area contributed by atoms with E-state index in [2.05, 4.69) is 28.9 Å². The number of H-pyrrole nitrogens is 1. The molecule has 4 rings (SSSR count). The summed E-state index contributed by atoms with van der Waals surface area (Å²) in [7, 11) is -3.90. The number of hydrogen-bond donors (Lipinski definition) is 3. The highest BCUT2D eigenvalue weighted by Gasteiger charge is 2.25. The number of fused-ring (bicyclic) bond motifs is 1. The van der Waals surface area contributed by atoms with E-state index >= 15 is 0 Å². The lowest BCUT2D eigenvalue weighted by Crippen LogP contribution is -2.30. The first-order valence-electron chi connectivity index (χ1n) is 9.84. The summed E-state index contributed by atoms with van der Waals surface area (Å²) in [5.41, 5.74) is 1.47. The smallest absolute Gasteiger partial charge is 0.261 e. The lowest BCUT2D eigenvalue weighted by molar-refractivity contribution is 0.0950. The Morgan fingerprint density at radius 1 is 1.10 bits per heavy atom. The number of nitrogens with one attached hydrogen (secondary N) is 3. The van der Waals surface area contributed by atoms with E-state index in [1.54, 1.807) is 12.1 Å². The summed E-state index contributed by atoms with van der Waals surface area (Å²) in [6.07, 6.45) is 3.18. The predicted octanol–water partition coefficient (Wildman–Crippen LogP) is 3.34. The molecule has 3 N–H and O–H groups in total. The van der Waals surface area contributed by atoms with Crippen LogP contribution in [-0.2, 0) is 10.0 Å². The Kier molecular flexibility index (Phi) is 5.11. The topological polar surface area (TPSA) is 108 Å². The largest absolute Gasteiger partial charge is 0.360 e. The van der Waals surface area contributed by atoms with Gasteiger partial charge in [0, 0.05) is 28.8 Å². The van der Waals surface area contributed by atoms with Crippen LogP contribution >= 0.6 is 0 Å². The van der Waals surface area contributed by atoms with Crippen molar-refractivity contribution in [3.63, 3.8) is 0 Å². The molecule has 0 bridgehead atoms. The molecular weight excluding hydrogens is 402 g/mol. The quantitative estimate of drug-likeness (QED) is 0.563. The van der Waals surface area contributed by atoms with Crippen LogP contribution in [-0.4, -0.2) is 25.4 Å². The van der Waals surface area contributed by atoms with E-state index in [-0.39, 0.29) is 21.9 Å². The average molecular weight is 426 g/mol. The monoisotopic (exact) mass is 425 g/mol. The Morgan fingerprint density at radius 2 is 1.80 bits per heavy atom. The van der Waals surface area contributed by atoms with Gasteiger partial charge in [0.05, 0.1) is 4.90 Å². The van der Waals surface area contributed by atoms with Crippen molar-refractivity contribution in [3.8, 4) is 0 Å². The lowest BCUT2D eigenvalue weighted by atomic mass is 10.0. The van der Waals surface area contributed by atoms with Gasteiger partial charge in [-0.25, -0.2) is 8.42 Å². The average Bonchev–Trinajstić information content (AvgIpc) is 3.52. The van der Waals surface area contributed by atoms with Gasteiger partial charge in [0.1, 0.15) is 5.56 Å². The van der Waals surface area contributed by atoms with Gasteiger partial charge in [-0.15, -0.1) is 0 Å². The highest BCUT2D eigenvalue weighted by molar-refractivity contribution is 7.92. The van der Waals surface area contributed by atoms with Crippen molar-refractivity contribution in [3.05, 3.63) is 70.0 Å². The molecule has 0 spiro atoms. The Bertz CT molecular complexity index is 1270. The molecule has 0 saturated heterocycles. The minimum atomic E-state index is -3.90. The number of anilines is 1. The van der Waals surface area contributed by atoms with Crippen LogP contribution in [0.4, 0.5) is 5.69 Å². The van der Waals surface area contributed by atoms with Crippen LogP contribution in [0.2, 0.25) is 0 Å².